The fraction of sp³-hybridized carbons (Fsp3) is 0.643. The molecule has 1 saturated carbocycles. The van der Waals surface area contributed by atoms with E-state index in [1.807, 2.05) is 0 Å². The maximum Gasteiger partial charge on any atom is 0.137 e. The number of thiophene rings is 1. The van der Waals surface area contributed by atoms with Crippen LogP contribution in [0.25, 0.3) is 0 Å². The molecule has 100 valence electrons. The van der Waals surface area contributed by atoms with Gasteiger partial charge in [-0.15, -0.1) is 11.3 Å². The normalized spacial score (nSPS) is 24.8. The molecule has 0 bridgehead atoms. The molecule has 1 aliphatic carbocycles. The SMILES string of the molecule is CC1CCC(=O)C(CN(C)Cc2cc(Br)cs2)C1. The summed E-state index contributed by atoms with van der Waals surface area (Å²) in [6.07, 6.45) is 2.93. The van der Waals surface area contributed by atoms with Gasteiger partial charge in [0.2, 0.25) is 0 Å². The molecular formula is C14H20BrNOS. The van der Waals surface area contributed by atoms with Crippen molar-refractivity contribution in [2.75, 3.05) is 13.6 Å². The lowest BCUT2D eigenvalue weighted by Gasteiger charge is -2.29. The molecule has 0 amide bonds. The van der Waals surface area contributed by atoms with Crippen molar-refractivity contribution < 1.29 is 4.79 Å². The monoisotopic (exact) mass is 329 g/mol. The molecule has 0 aliphatic heterocycles. The Morgan fingerprint density at radius 2 is 2.33 bits per heavy atom. The van der Waals surface area contributed by atoms with Gasteiger partial charge in [0.05, 0.1) is 0 Å². The van der Waals surface area contributed by atoms with E-state index in [9.17, 15) is 4.79 Å². The molecule has 1 aromatic heterocycles. The topological polar surface area (TPSA) is 20.3 Å². The second kappa shape index (κ2) is 6.31. The minimum absolute atomic E-state index is 0.252. The lowest BCUT2D eigenvalue weighted by Crippen LogP contribution is -2.33. The lowest BCUT2D eigenvalue weighted by atomic mass is 9.81. The molecule has 4 heteroatoms. The smallest absolute Gasteiger partial charge is 0.137 e. The summed E-state index contributed by atoms with van der Waals surface area (Å²) in [4.78, 5) is 15.5. The van der Waals surface area contributed by atoms with Gasteiger partial charge in [-0.2, -0.15) is 0 Å². The minimum Gasteiger partial charge on any atom is -0.301 e. The van der Waals surface area contributed by atoms with Gasteiger partial charge in [0, 0.05) is 40.2 Å². The highest BCUT2D eigenvalue weighted by Gasteiger charge is 2.27. The zero-order valence-electron chi connectivity index (χ0n) is 11.0. The highest BCUT2D eigenvalue weighted by atomic mass is 79.9. The van der Waals surface area contributed by atoms with E-state index in [0.717, 1.165) is 36.8 Å². The van der Waals surface area contributed by atoms with E-state index in [0.29, 0.717) is 11.7 Å². The largest absolute Gasteiger partial charge is 0.301 e. The van der Waals surface area contributed by atoms with Crippen LogP contribution in [-0.4, -0.2) is 24.3 Å². The molecule has 0 spiro atoms. The summed E-state index contributed by atoms with van der Waals surface area (Å²) in [5.74, 6) is 1.42. The minimum atomic E-state index is 0.252. The Bertz CT molecular complexity index is 418. The fourth-order valence-corrected chi connectivity index (χ4v) is 4.18. The second-order valence-corrected chi connectivity index (χ2v) is 7.38. The second-order valence-electron chi connectivity index (χ2n) is 5.47. The first-order valence-electron chi connectivity index (χ1n) is 6.48. The van der Waals surface area contributed by atoms with E-state index in [2.05, 4.69) is 46.2 Å². The molecule has 1 fully saturated rings. The Morgan fingerprint density at radius 3 is 3.00 bits per heavy atom. The predicted molar refractivity (Wildman–Crippen MR) is 79.9 cm³/mol. The van der Waals surface area contributed by atoms with E-state index < -0.39 is 0 Å². The van der Waals surface area contributed by atoms with Crippen LogP contribution in [-0.2, 0) is 11.3 Å². The van der Waals surface area contributed by atoms with Gasteiger partial charge in [0.1, 0.15) is 5.78 Å². The molecular weight excluding hydrogens is 310 g/mol. The van der Waals surface area contributed by atoms with Crippen molar-refractivity contribution in [2.24, 2.45) is 11.8 Å². The van der Waals surface area contributed by atoms with Crippen LogP contribution in [0.15, 0.2) is 15.9 Å². The maximum absolute atomic E-state index is 11.9. The van der Waals surface area contributed by atoms with Crippen molar-refractivity contribution in [1.82, 2.24) is 4.90 Å². The molecule has 2 nitrogen and oxygen atoms in total. The first kappa shape index (κ1) is 14.2. The molecule has 0 radical (unpaired) electrons. The van der Waals surface area contributed by atoms with Crippen molar-refractivity contribution in [3.63, 3.8) is 0 Å². The van der Waals surface area contributed by atoms with Crippen LogP contribution < -0.4 is 0 Å². The molecule has 1 aliphatic rings. The Kier molecular flexibility index (Phi) is 4.98. The van der Waals surface area contributed by atoms with Gasteiger partial charge in [-0.1, -0.05) is 6.92 Å². The van der Waals surface area contributed by atoms with Gasteiger partial charge in [-0.3, -0.25) is 4.79 Å². The van der Waals surface area contributed by atoms with E-state index in [1.54, 1.807) is 11.3 Å². The average Bonchev–Trinajstić information content (AvgIpc) is 2.69. The Labute approximate surface area is 122 Å². The Hall–Kier alpha value is -0.190. The van der Waals surface area contributed by atoms with E-state index >= 15 is 0 Å². The summed E-state index contributed by atoms with van der Waals surface area (Å²) in [7, 11) is 2.11. The number of rotatable bonds is 4. The third-order valence-corrected chi connectivity index (χ3v) is 5.29. The van der Waals surface area contributed by atoms with E-state index in [-0.39, 0.29) is 5.92 Å². The van der Waals surface area contributed by atoms with Crippen molar-refractivity contribution in [3.05, 3.63) is 20.8 Å². The van der Waals surface area contributed by atoms with Crippen molar-refractivity contribution in [2.45, 2.75) is 32.7 Å². The van der Waals surface area contributed by atoms with Gasteiger partial charge in [0.15, 0.2) is 0 Å². The maximum atomic E-state index is 11.9. The highest BCUT2D eigenvalue weighted by Crippen LogP contribution is 2.27. The van der Waals surface area contributed by atoms with Gasteiger partial charge < -0.3 is 4.90 Å². The van der Waals surface area contributed by atoms with Crippen LogP contribution in [0.3, 0.4) is 0 Å². The van der Waals surface area contributed by atoms with Gasteiger partial charge in [0.25, 0.3) is 0 Å². The number of hydrogen-bond acceptors (Lipinski definition) is 3. The first-order valence-corrected chi connectivity index (χ1v) is 8.16. The number of carbonyl (C=O) groups excluding carboxylic acids is 1. The lowest BCUT2D eigenvalue weighted by molar-refractivity contribution is -0.126. The highest BCUT2D eigenvalue weighted by molar-refractivity contribution is 9.10. The Balaban J connectivity index is 1.86. The number of ketones is 1. The molecule has 1 heterocycles. The van der Waals surface area contributed by atoms with Gasteiger partial charge >= 0.3 is 0 Å². The van der Waals surface area contributed by atoms with Crippen LogP contribution in [0.1, 0.15) is 31.1 Å². The summed E-state index contributed by atoms with van der Waals surface area (Å²) in [6.45, 7) is 4.10. The van der Waals surface area contributed by atoms with E-state index in [4.69, 9.17) is 0 Å². The standard InChI is InChI=1S/C14H20BrNOS/c1-10-3-4-14(17)11(5-10)7-16(2)8-13-6-12(15)9-18-13/h6,9-11H,3-5,7-8H2,1-2H3. The average molecular weight is 330 g/mol. The van der Waals surface area contributed by atoms with Crippen molar-refractivity contribution in [3.8, 4) is 0 Å². The van der Waals surface area contributed by atoms with Gasteiger partial charge in [-0.25, -0.2) is 0 Å². The van der Waals surface area contributed by atoms with Crippen LogP contribution >= 0.6 is 27.3 Å². The number of hydrogen-bond donors (Lipinski definition) is 0. The summed E-state index contributed by atoms with van der Waals surface area (Å²) in [6, 6.07) is 2.16. The first-order chi connectivity index (χ1) is 8.54. The van der Waals surface area contributed by atoms with Crippen molar-refractivity contribution in [1.29, 1.82) is 0 Å². The quantitative estimate of drug-likeness (QED) is 0.833. The molecule has 0 aromatic carbocycles. The van der Waals surface area contributed by atoms with Crippen molar-refractivity contribution >= 4 is 33.0 Å². The molecule has 0 N–H and O–H groups in total. The molecule has 2 atom stereocenters. The number of carbonyl (C=O) groups is 1. The third kappa shape index (κ3) is 3.90. The Morgan fingerprint density at radius 1 is 1.56 bits per heavy atom. The summed E-state index contributed by atoms with van der Waals surface area (Å²) in [5, 5.41) is 2.11. The van der Waals surface area contributed by atoms with E-state index in [1.165, 1.54) is 4.88 Å². The molecule has 1 aromatic rings. The molecule has 18 heavy (non-hydrogen) atoms. The number of halogens is 1. The molecule has 2 rings (SSSR count). The van der Waals surface area contributed by atoms with Crippen LogP contribution in [0.5, 0.6) is 0 Å². The summed E-state index contributed by atoms with van der Waals surface area (Å²) >= 11 is 5.24. The zero-order chi connectivity index (χ0) is 13.1. The third-order valence-electron chi connectivity index (χ3n) is 3.61. The summed E-state index contributed by atoms with van der Waals surface area (Å²) < 4.78 is 1.15. The van der Waals surface area contributed by atoms with Gasteiger partial charge in [-0.05, 0) is 47.8 Å². The molecule has 0 saturated heterocycles. The number of Topliss-reactive ketones (excluding diaryl/α,β-unsaturated/α-hetero) is 1. The predicted octanol–water partition coefficient (Wildman–Crippen LogP) is 3.95. The van der Waals surface area contributed by atoms with Crippen LogP contribution in [0.4, 0.5) is 0 Å². The fourth-order valence-electron chi connectivity index (χ4n) is 2.65. The summed E-state index contributed by atoms with van der Waals surface area (Å²) in [5.41, 5.74) is 0. The molecule has 2 unspecified atom stereocenters. The number of nitrogens with zero attached hydrogens (tertiary/aromatic N) is 1. The van der Waals surface area contributed by atoms with Crippen LogP contribution in [0.2, 0.25) is 0 Å². The zero-order valence-corrected chi connectivity index (χ0v) is 13.4. The van der Waals surface area contributed by atoms with Crippen LogP contribution in [0, 0.1) is 11.8 Å².